The summed E-state index contributed by atoms with van der Waals surface area (Å²) in [4.78, 5) is 2.05. The van der Waals surface area contributed by atoms with Crippen LogP contribution in [0.1, 0.15) is 31.7 Å². The summed E-state index contributed by atoms with van der Waals surface area (Å²) in [5.41, 5.74) is 0.993. The van der Waals surface area contributed by atoms with Crippen LogP contribution in [0.2, 0.25) is 10.0 Å². The van der Waals surface area contributed by atoms with Crippen molar-refractivity contribution in [1.29, 1.82) is 0 Å². The minimum absolute atomic E-state index is 0.138. The van der Waals surface area contributed by atoms with Gasteiger partial charge in [-0.15, -0.1) is 3.89 Å². The second-order valence-electron chi connectivity index (χ2n) is 6.81. The Kier molecular flexibility index (Phi) is 6.53. The topological polar surface area (TPSA) is 35.9 Å². The maximum Gasteiger partial charge on any atom is 0.275 e. The molecule has 24 heavy (non-hydrogen) atoms. The van der Waals surface area contributed by atoms with Crippen LogP contribution in [0.25, 0.3) is 0 Å². The van der Waals surface area contributed by atoms with Gasteiger partial charge in [0.2, 0.25) is 0 Å². The molecule has 1 aliphatic heterocycles. The molecule has 1 aromatic rings. The molecule has 0 radical (unpaired) electrons. The molecular weight excluding hydrogens is 372 g/mol. The summed E-state index contributed by atoms with van der Waals surface area (Å²) >= 11 is 12.4. The monoisotopic (exact) mass is 395 g/mol. The van der Waals surface area contributed by atoms with Crippen LogP contribution >= 0.6 is 23.2 Å². The van der Waals surface area contributed by atoms with E-state index in [0.29, 0.717) is 29.1 Å². The normalized spacial score (nSPS) is 21.5. The van der Waals surface area contributed by atoms with Crippen LogP contribution < -0.4 is 0 Å². The van der Waals surface area contributed by atoms with Gasteiger partial charge in [-0.1, -0.05) is 37.0 Å². The Balaban J connectivity index is 2.25. The van der Waals surface area contributed by atoms with Gasteiger partial charge in [-0.2, -0.15) is 12.9 Å². The second-order valence-corrected chi connectivity index (χ2v) is 9.18. The molecule has 1 aliphatic rings. The molecule has 1 heterocycles. The van der Waals surface area contributed by atoms with Crippen LogP contribution in [-0.4, -0.2) is 47.1 Å². The minimum atomic E-state index is -3.98. The van der Waals surface area contributed by atoms with Gasteiger partial charge in [0.05, 0.1) is 5.69 Å². The van der Waals surface area contributed by atoms with E-state index in [1.165, 1.54) is 16.4 Å². The van der Waals surface area contributed by atoms with Crippen molar-refractivity contribution in [2.75, 3.05) is 33.7 Å². The largest absolute Gasteiger partial charge is 0.309 e. The lowest BCUT2D eigenvalue weighted by Gasteiger charge is -2.17. The molecule has 2 atom stereocenters. The molecule has 8 heteroatoms. The number of hydrogen-bond acceptors (Lipinski definition) is 3. The van der Waals surface area contributed by atoms with E-state index < -0.39 is 10.3 Å². The van der Waals surface area contributed by atoms with Crippen LogP contribution in [0.3, 0.4) is 0 Å². The molecule has 0 aliphatic carbocycles. The van der Waals surface area contributed by atoms with Crippen molar-refractivity contribution in [2.24, 2.45) is 10.3 Å². The van der Waals surface area contributed by atoms with E-state index in [1.54, 1.807) is 0 Å². The molecule has 0 saturated carbocycles. The molecule has 1 saturated heterocycles. The average molecular weight is 396 g/mol. The Hall–Kier alpha value is -0.400. The molecule has 4 nitrogen and oxygen atoms in total. The van der Waals surface area contributed by atoms with Gasteiger partial charge >= 0.3 is 0 Å². The summed E-state index contributed by atoms with van der Waals surface area (Å²) in [6.07, 6.45) is 0.808. The fourth-order valence-electron chi connectivity index (χ4n) is 3.03. The number of rotatable bonds is 5. The highest BCUT2D eigenvalue weighted by atomic mass is 35.5. The van der Waals surface area contributed by atoms with Crippen molar-refractivity contribution in [3.63, 3.8) is 0 Å². The Labute approximate surface area is 154 Å². The summed E-state index contributed by atoms with van der Waals surface area (Å²) in [6.45, 7) is 5.65. The van der Waals surface area contributed by atoms with Crippen molar-refractivity contribution in [1.82, 2.24) is 9.21 Å². The molecular formula is C16H24Cl2FN3OS. The third kappa shape index (κ3) is 4.82. The molecule has 2 rings (SSSR count). The first-order valence-corrected chi connectivity index (χ1v) is 10.1. The highest BCUT2D eigenvalue weighted by Crippen LogP contribution is 2.36. The molecule has 0 aromatic heterocycles. The second kappa shape index (κ2) is 7.87. The summed E-state index contributed by atoms with van der Waals surface area (Å²) in [5, 5.41) is 0.830. The molecule has 2 unspecified atom stereocenters. The maximum absolute atomic E-state index is 14.7. The average Bonchev–Trinajstić information content (AvgIpc) is 2.85. The molecule has 0 spiro atoms. The number of hydrogen-bond donors (Lipinski definition) is 0. The van der Waals surface area contributed by atoms with Crippen molar-refractivity contribution in [2.45, 2.75) is 26.2 Å². The third-order valence-electron chi connectivity index (χ3n) is 4.05. The first kappa shape index (κ1) is 19.9. The van der Waals surface area contributed by atoms with Crippen molar-refractivity contribution >= 4 is 39.2 Å². The predicted octanol–water partition coefficient (Wildman–Crippen LogP) is 4.90. The summed E-state index contributed by atoms with van der Waals surface area (Å²) in [5.74, 6) is 0.432. The van der Waals surface area contributed by atoms with Gasteiger partial charge in [-0.25, -0.2) is 0 Å². The predicted molar refractivity (Wildman–Crippen MR) is 100 cm³/mol. The van der Waals surface area contributed by atoms with E-state index in [1.807, 2.05) is 27.9 Å². The summed E-state index contributed by atoms with van der Waals surface area (Å²) < 4.78 is 32.3. The molecule has 136 valence electrons. The van der Waals surface area contributed by atoms with E-state index in [2.05, 4.69) is 9.26 Å². The smallest absolute Gasteiger partial charge is 0.275 e. The van der Waals surface area contributed by atoms with E-state index >= 15 is 0 Å². The summed E-state index contributed by atoms with van der Waals surface area (Å²) in [7, 11) is -0.0313. The van der Waals surface area contributed by atoms with Gasteiger partial charge < -0.3 is 4.90 Å². The third-order valence-corrected chi connectivity index (χ3v) is 6.08. The quantitative estimate of drug-likeness (QED) is 0.664. The van der Waals surface area contributed by atoms with Gasteiger partial charge in [-0.05, 0) is 50.0 Å². The first-order chi connectivity index (χ1) is 11.1. The maximum atomic E-state index is 14.7. The zero-order valence-corrected chi connectivity index (χ0v) is 16.8. The standard InChI is InChI=1S/C16H24Cl2FN3OS/c1-11(2)16-14(17)7-13(8-15(16)18)20-24(19,23)22-6-5-12(10-22)9-21(3)4/h7-8,11-12H,5-6,9-10H2,1-4H3. The van der Waals surface area contributed by atoms with Crippen molar-refractivity contribution in [3.8, 4) is 0 Å². The number of nitrogens with zero attached hydrogens (tertiary/aromatic N) is 3. The van der Waals surface area contributed by atoms with Gasteiger partial charge in [0, 0.05) is 29.7 Å². The highest BCUT2D eigenvalue weighted by molar-refractivity contribution is 7.86. The Bertz CT molecular complexity index is 694. The highest BCUT2D eigenvalue weighted by Gasteiger charge is 2.30. The Morgan fingerprint density at radius 3 is 2.46 bits per heavy atom. The molecule has 0 N–H and O–H groups in total. The van der Waals surface area contributed by atoms with Crippen LogP contribution in [0.5, 0.6) is 0 Å². The lowest BCUT2D eigenvalue weighted by Crippen LogP contribution is -2.28. The van der Waals surface area contributed by atoms with Gasteiger partial charge in [0.25, 0.3) is 10.3 Å². The van der Waals surface area contributed by atoms with Crippen LogP contribution in [0, 0.1) is 5.92 Å². The van der Waals surface area contributed by atoms with Crippen molar-refractivity contribution in [3.05, 3.63) is 27.7 Å². The lowest BCUT2D eigenvalue weighted by atomic mass is 10.0. The lowest BCUT2D eigenvalue weighted by molar-refractivity contribution is 0.330. The Morgan fingerprint density at radius 1 is 1.38 bits per heavy atom. The fourth-order valence-corrected chi connectivity index (χ4v) is 5.15. The van der Waals surface area contributed by atoms with Crippen LogP contribution in [0.4, 0.5) is 9.57 Å². The van der Waals surface area contributed by atoms with E-state index in [4.69, 9.17) is 23.2 Å². The molecule has 1 fully saturated rings. The van der Waals surface area contributed by atoms with E-state index in [-0.39, 0.29) is 11.6 Å². The zero-order chi connectivity index (χ0) is 18.1. The molecule has 1 aromatic carbocycles. The molecule has 0 amide bonds. The minimum Gasteiger partial charge on any atom is -0.309 e. The molecule has 0 bridgehead atoms. The Morgan fingerprint density at radius 2 is 1.96 bits per heavy atom. The number of halogens is 3. The van der Waals surface area contributed by atoms with Gasteiger partial charge in [-0.3, -0.25) is 0 Å². The van der Waals surface area contributed by atoms with Crippen LogP contribution in [-0.2, 0) is 10.3 Å². The summed E-state index contributed by atoms with van der Waals surface area (Å²) in [6, 6.07) is 3.05. The van der Waals surface area contributed by atoms with E-state index in [0.717, 1.165) is 18.5 Å². The SMILES string of the molecule is CC(C)c1c(Cl)cc(N=S(=O)(F)N2CCC(CN(C)C)C2)cc1Cl. The van der Waals surface area contributed by atoms with Crippen molar-refractivity contribution < 1.29 is 8.09 Å². The van der Waals surface area contributed by atoms with Gasteiger partial charge in [0.1, 0.15) is 0 Å². The number of benzene rings is 1. The van der Waals surface area contributed by atoms with Gasteiger partial charge in [0.15, 0.2) is 0 Å². The van der Waals surface area contributed by atoms with E-state index in [9.17, 15) is 8.09 Å². The zero-order valence-electron chi connectivity index (χ0n) is 14.4. The van der Waals surface area contributed by atoms with Crippen LogP contribution in [0.15, 0.2) is 16.5 Å². The fraction of sp³-hybridized carbons (Fsp3) is 0.625. The first-order valence-electron chi connectivity index (χ1n) is 7.95.